The van der Waals surface area contributed by atoms with E-state index in [9.17, 15) is 9.59 Å². The summed E-state index contributed by atoms with van der Waals surface area (Å²) in [5.41, 5.74) is 2.48. The summed E-state index contributed by atoms with van der Waals surface area (Å²) in [6, 6.07) is 7.82. The minimum atomic E-state index is -0.539. The van der Waals surface area contributed by atoms with Gasteiger partial charge in [0.05, 0.1) is 19.8 Å². The number of methoxy groups -OCH3 is 1. The van der Waals surface area contributed by atoms with Gasteiger partial charge in [0.25, 0.3) is 0 Å². The van der Waals surface area contributed by atoms with Gasteiger partial charge in [0.15, 0.2) is 0 Å². The minimum absolute atomic E-state index is 0.132. The maximum atomic E-state index is 12.6. The highest BCUT2D eigenvalue weighted by Crippen LogP contribution is 2.44. The molecule has 1 N–H and O–H groups in total. The number of fused-ring (bicyclic) bond motifs is 2. The summed E-state index contributed by atoms with van der Waals surface area (Å²) in [4.78, 5) is 23.9. The van der Waals surface area contributed by atoms with Crippen LogP contribution in [0.3, 0.4) is 0 Å². The number of hydrogen-bond acceptors (Lipinski definition) is 7. The largest absolute Gasteiger partial charge is 0.490 e. The number of carbonyl (C=O) groups is 2. The van der Waals surface area contributed by atoms with Gasteiger partial charge in [-0.05, 0) is 32.6 Å². The number of nitrogens with one attached hydrogen (secondary N) is 1. The van der Waals surface area contributed by atoms with Crippen LogP contribution < -0.4 is 14.8 Å². The molecule has 2 aromatic carbocycles. The van der Waals surface area contributed by atoms with E-state index in [1.54, 1.807) is 14.0 Å². The molecule has 0 saturated carbocycles. The number of carbonyl (C=O) groups excluding carboxylic acids is 2. The fourth-order valence-electron chi connectivity index (χ4n) is 3.89. The Balaban J connectivity index is 1.63. The van der Waals surface area contributed by atoms with Crippen LogP contribution in [0.2, 0.25) is 0 Å². The van der Waals surface area contributed by atoms with Crippen LogP contribution in [0, 0.1) is 0 Å². The van der Waals surface area contributed by atoms with Gasteiger partial charge in [0.1, 0.15) is 24.7 Å². The highest BCUT2D eigenvalue weighted by Gasteiger charge is 2.25. The van der Waals surface area contributed by atoms with Crippen LogP contribution >= 0.6 is 0 Å². The van der Waals surface area contributed by atoms with Crippen LogP contribution in [0.25, 0.3) is 10.8 Å². The van der Waals surface area contributed by atoms with E-state index in [2.05, 4.69) is 11.9 Å². The zero-order valence-electron chi connectivity index (χ0n) is 19.9. The minimum Gasteiger partial charge on any atom is -0.490 e. The lowest BCUT2D eigenvalue weighted by Gasteiger charge is -2.25. The van der Waals surface area contributed by atoms with E-state index in [0.717, 1.165) is 53.3 Å². The lowest BCUT2D eigenvalue weighted by Crippen LogP contribution is -2.31. The van der Waals surface area contributed by atoms with Crippen molar-refractivity contribution in [2.45, 2.75) is 32.6 Å². The standard InChI is InChI=1S/C26H33NO7/c1-18(2)25(28)33-17-15-31-13-12-27-26(29)34-24-21-10-6-4-8-19(21)23(32-16-14-30-3)20-9-5-7-11-22(20)24/h4,6,8,10H,1,5,7,9,11-17H2,2-3H3,(H,27,29). The third-order valence-electron chi connectivity index (χ3n) is 5.49. The van der Waals surface area contributed by atoms with Crippen molar-refractivity contribution in [2.24, 2.45) is 0 Å². The van der Waals surface area contributed by atoms with Gasteiger partial charge in [-0.15, -0.1) is 0 Å². The molecule has 1 amide bonds. The highest BCUT2D eigenvalue weighted by atomic mass is 16.6. The van der Waals surface area contributed by atoms with Gasteiger partial charge < -0.3 is 29.0 Å². The predicted molar refractivity (Wildman–Crippen MR) is 129 cm³/mol. The molecule has 3 rings (SSSR count). The first-order chi connectivity index (χ1) is 16.5. The van der Waals surface area contributed by atoms with E-state index in [1.807, 2.05) is 24.3 Å². The van der Waals surface area contributed by atoms with Crippen molar-refractivity contribution in [3.05, 3.63) is 47.5 Å². The molecule has 0 fully saturated rings. The Morgan fingerprint density at radius 1 is 0.941 bits per heavy atom. The summed E-state index contributed by atoms with van der Waals surface area (Å²) >= 11 is 0. The van der Waals surface area contributed by atoms with E-state index in [1.165, 1.54) is 0 Å². The van der Waals surface area contributed by atoms with Crippen molar-refractivity contribution in [1.29, 1.82) is 0 Å². The average molecular weight is 472 g/mol. The number of benzene rings is 2. The second kappa shape index (κ2) is 13.0. The van der Waals surface area contributed by atoms with Gasteiger partial charge >= 0.3 is 12.1 Å². The lowest BCUT2D eigenvalue weighted by atomic mass is 9.87. The maximum Gasteiger partial charge on any atom is 0.412 e. The van der Waals surface area contributed by atoms with E-state index in [0.29, 0.717) is 24.5 Å². The molecule has 0 atom stereocenters. The van der Waals surface area contributed by atoms with Gasteiger partial charge in [-0.25, -0.2) is 9.59 Å². The Morgan fingerprint density at radius 3 is 2.29 bits per heavy atom. The monoisotopic (exact) mass is 471 g/mol. The molecule has 1 aliphatic carbocycles. The first kappa shape index (κ1) is 25.5. The van der Waals surface area contributed by atoms with Crippen molar-refractivity contribution < 1.29 is 33.3 Å². The average Bonchev–Trinajstić information content (AvgIpc) is 2.84. The fourth-order valence-corrected chi connectivity index (χ4v) is 3.89. The Labute approximate surface area is 200 Å². The van der Waals surface area contributed by atoms with E-state index >= 15 is 0 Å². The molecule has 0 unspecified atom stereocenters. The SMILES string of the molecule is C=C(C)C(=O)OCCOCCNC(=O)Oc1c2c(c(OCCOC)c3ccccc13)CCCC2. The second-order valence-electron chi connectivity index (χ2n) is 8.05. The van der Waals surface area contributed by atoms with Crippen LogP contribution in [0.15, 0.2) is 36.4 Å². The van der Waals surface area contributed by atoms with Crippen molar-refractivity contribution in [3.63, 3.8) is 0 Å². The zero-order valence-corrected chi connectivity index (χ0v) is 19.9. The van der Waals surface area contributed by atoms with Crippen LogP contribution in [-0.4, -0.2) is 58.8 Å². The molecule has 34 heavy (non-hydrogen) atoms. The van der Waals surface area contributed by atoms with Gasteiger partial charge in [-0.3, -0.25) is 0 Å². The summed E-state index contributed by atoms with van der Waals surface area (Å²) in [7, 11) is 1.65. The molecule has 0 heterocycles. The molecule has 2 aromatic rings. The van der Waals surface area contributed by atoms with Gasteiger partial charge in [-0.2, -0.15) is 0 Å². The molecule has 0 saturated heterocycles. The van der Waals surface area contributed by atoms with E-state index < -0.39 is 12.1 Å². The highest BCUT2D eigenvalue weighted by molar-refractivity contribution is 5.97. The van der Waals surface area contributed by atoms with Gasteiger partial charge in [-0.1, -0.05) is 30.8 Å². The van der Waals surface area contributed by atoms with E-state index in [4.69, 9.17) is 23.7 Å². The lowest BCUT2D eigenvalue weighted by molar-refractivity contribution is -0.140. The Morgan fingerprint density at radius 2 is 1.62 bits per heavy atom. The van der Waals surface area contributed by atoms with E-state index in [-0.39, 0.29) is 26.4 Å². The van der Waals surface area contributed by atoms with Crippen molar-refractivity contribution in [3.8, 4) is 11.5 Å². The number of esters is 1. The van der Waals surface area contributed by atoms with Gasteiger partial charge in [0.2, 0.25) is 0 Å². The number of amides is 1. The van der Waals surface area contributed by atoms with Crippen LogP contribution in [0.5, 0.6) is 11.5 Å². The van der Waals surface area contributed by atoms with Crippen molar-refractivity contribution in [1.82, 2.24) is 5.32 Å². The number of rotatable bonds is 12. The molecule has 0 aliphatic heterocycles. The Hall–Kier alpha value is -3.10. The summed E-state index contributed by atoms with van der Waals surface area (Å²) in [6.45, 7) is 6.97. The predicted octanol–water partition coefficient (Wildman–Crippen LogP) is 3.97. The first-order valence-electron chi connectivity index (χ1n) is 11.6. The van der Waals surface area contributed by atoms with Crippen LogP contribution in [0.1, 0.15) is 30.9 Å². The normalized spacial score (nSPS) is 12.6. The molecule has 0 spiro atoms. The third-order valence-corrected chi connectivity index (χ3v) is 5.49. The molecular formula is C26H33NO7. The molecule has 8 nitrogen and oxygen atoms in total. The Bertz CT molecular complexity index is 1020. The van der Waals surface area contributed by atoms with Crippen molar-refractivity contribution in [2.75, 3.05) is 46.7 Å². The maximum absolute atomic E-state index is 12.6. The summed E-state index contributed by atoms with van der Waals surface area (Å²) < 4.78 is 27.4. The molecule has 0 bridgehead atoms. The molecule has 8 heteroatoms. The summed E-state index contributed by atoms with van der Waals surface area (Å²) in [5, 5.41) is 4.50. The number of ether oxygens (including phenoxy) is 5. The fraction of sp³-hybridized carbons (Fsp3) is 0.462. The van der Waals surface area contributed by atoms with Crippen LogP contribution in [-0.2, 0) is 31.8 Å². The first-order valence-corrected chi connectivity index (χ1v) is 11.6. The third kappa shape index (κ3) is 6.71. The molecular weight excluding hydrogens is 438 g/mol. The smallest absolute Gasteiger partial charge is 0.412 e. The quantitative estimate of drug-likeness (QED) is 0.284. The Kier molecular flexibility index (Phi) is 9.73. The zero-order chi connectivity index (χ0) is 24.3. The molecule has 0 aromatic heterocycles. The molecule has 184 valence electrons. The second-order valence-corrected chi connectivity index (χ2v) is 8.05. The van der Waals surface area contributed by atoms with Gasteiger partial charge in [0, 0.05) is 41.1 Å². The molecule has 0 radical (unpaired) electrons. The summed E-state index contributed by atoms with van der Waals surface area (Å²) in [5.74, 6) is 1.00. The number of hydrogen-bond donors (Lipinski definition) is 1. The topological polar surface area (TPSA) is 92.3 Å². The summed E-state index contributed by atoms with van der Waals surface area (Å²) in [6.07, 6.45) is 3.27. The van der Waals surface area contributed by atoms with Crippen LogP contribution in [0.4, 0.5) is 4.79 Å². The molecule has 1 aliphatic rings. The van der Waals surface area contributed by atoms with Crippen molar-refractivity contribution >= 4 is 22.8 Å².